The number of nitrogens with zero attached hydrogens (tertiary/aromatic N) is 2. The van der Waals surface area contributed by atoms with Gasteiger partial charge in [-0.2, -0.15) is 0 Å². The van der Waals surface area contributed by atoms with Crippen molar-refractivity contribution in [3.8, 4) is 0 Å². The zero-order chi connectivity index (χ0) is 12.5. The SMILES string of the molecule is Nc1nc(CCN2CCc3ccc(F)cc32)cs1. The van der Waals surface area contributed by atoms with Gasteiger partial charge in [0.2, 0.25) is 0 Å². The van der Waals surface area contributed by atoms with E-state index in [-0.39, 0.29) is 5.82 Å². The van der Waals surface area contributed by atoms with Crippen LogP contribution >= 0.6 is 11.3 Å². The van der Waals surface area contributed by atoms with Gasteiger partial charge in [-0.3, -0.25) is 0 Å². The van der Waals surface area contributed by atoms with Crippen molar-refractivity contribution in [2.75, 3.05) is 23.7 Å². The van der Waals surface area contributed by atoms with Gasteiger partial charge in [0.05, 0.1) is 5.69 Å². The second-order valence-electron chi connectivity index (χ2n) is 4.44. The molecule has 0 saturated heterocycles. The Morgan fingerprint density at radius 1 is 1.44 bits per heavy atom. The average Bonchev–Trinajstić information content (AvgIpc) is 2.93. The smallest absolute Gasteiger partial charge is 0.180 e. The number of nitrogen functional groups attached to an aromatic ring is 1. The van der Waals surface area contributed by atoms with E-state index in [4.69, 9.17) is 5.73 Å². The summed E-state index contributed by atoms with van der Waals surface area (Å²) in [5, 5.41) is 2.59. The Hall–Kier alpha value is -1.62. The van der Waals surface area contributed by atoms with E-state index in [0.717, 1.165) is 37.3 Å². The Morgan fingerprint density at radius 3 is 3.11 bits per heavy atom. The number of anilines is 2. The van der Waals surface area contributed by atoms with Gasteiger partial charge in [-0.25, -0.2) is 9.37 Å². The van der Waals surface area contributed by atoms with E-state index in [1.54, 1.807) is 6.07 Å². The van der Waals surface area contributed by atoms with Crippen LogP contribution in [0, 0.1) is 5.82 Å². The standard InChI is InChI=1S/C13H14FN3S/c14-10-2-1-9-3-5-17(12(9)7-10)6-4-11-8-18-13(15)16-11/h1-2,7-8H,3-6H2,(H2,15,16). The van der Waals surface area contributed by atoms with Crippen molar-refractivity contribution in [2.45, 2.75) is 12.8 Å². The Balaban J connectivity index is 1.71. The van der Waals surface area contributed by atoms with Gasteiger partial charge in [0.25, 0.3) is 0 Å². The topological polar surface area (TPSA) is 42.1 Å². The van der Waals surface area contributed by atoms with Gasteiger partial charge in [-0.1, -0.05) is 6.07 Å². The third-order valence-corrected chi connectivity index (χ3v) is 3.97. The van der Waals surface area contributed by atoms with Crippen molar-refractivity contribution in [2.24, 2.45) is 0 Å². The maximum absolute atomic E-state index is 13.2. The van der Waals surface area contributed by atoms with Crippen LogP contribution in [0.3, 0.4) is 0 Å². The zero-order valence-electron chi connectivity index (χ0n) is 9.90. The summed E-state index contributed by atoms with van der Waals surface area (Å²) in [5.74, 6) is -0.168. The molecule has 2 N–H and O–H groups in total. The van der Waals surface area contributed by atoms with Gasteiger partial charge in [-0.05, 0) is 24.1 Å². The first kappa shape index (κ1) is 11.5. The number of hydrogen-bond acceptors (Lipinski definition) is 4. The fourth-order valence-electron chi connectivity index (χ4n) is 2.34. The summed E-state index contributed by atoms with van der Waals surface area (Å²) in [6, 6.07) is 5.03. The summed E-state index contributed by atoms with van der Waals surface area (Å²) >= 11 is 1.46. The van der Waals surface area contributed by atoms with Crippen LogP contribution in [0.4, 0.5) is 15.2 Å². The van der Waals surface area contributed by atoms with Crippen LogP contribution in [0.15, 0.2) is 23.6 Å². The number of halogens is 1. The van der Waals surface area contributed by atoms with E-state index in [9.17, 15) is 4.39 Å². The lowest BCUT2D eigenvalue weighted by molar-refractivity contribution is 0.627. The first-order valence-electron chi connectivity index (χ1n) is 5.95. The van der Waals surface area contributed by atoms with Gasteiger partial charge >= 0.3 is 0 Å². The second kappa shape index (κ2) is 4.57. The molecule has 2 aromatic rings. The maximum atomic E-state index is 13.2. The van der Waals surface area contributed by atoms with Crippen molar-refractivity contribution in [3.05, 3.63) is 40.7 Å². The highest BCUT2D eigenvalue weighted by molar-refractivity contribution is 7.13. The summed E-state index contributed by atoms with van der Waals surface area (Å²) in [7, 11) is 0. The van der Waals surface area contributed by atoms with Crippen LogP contribution in [0.25, 0.3) is 0 Å². The van der Waals surface area contributed by atoms with Crippen LogP contribution in [-0.4, -0.2) is 18.1 Å². The molecule has 1 aromatic heterocycles. The number of aromatic nitrogens is 1. The largest absolute Gasteiger partial charge is 0.375 e. The molecule has 0 atom stereocenters. The molecule has 0 radical (unpaired) electrons. The Bertz CT molecular complexity index is 567. The predicted octanol–water partition coefficient (Wildman–Crippen LogP) is 2.47. The second-order valence-corrected chi connectivity index (χ2v) is 5.33. The highest BCUT2D eigenvalue weighted by Crippen LogP contribution is 2.28. The predicted molar refractivity (Wildman–Crippen MR) is 72.5 cm³/mol. The molecule has 1 aliphatic heterocycles. The Kier molecular flexibility index (Phi) is 2.91. The third kappa shape index (κ3) is 2.18. The highest BCUT2D eigenvalue weighted by Gasteiger charge is 2.19. The molecule has 2 heterocycles. The van der Waals surface area contributed by atoms with Crippen LogP contribution in [0.5, 0.6) is 0 Å². The molecule has 0 aliphatic carbocycles. The molecule has 18 heavy (non-hydrogen) atoms. The molecule has 0 saturated carbocycles. The molecule has 3 nitrogen and oxygen atoms in total. The molecular formula is C13H14FN3S. The Labute approximate surface area is 109 Å². The summed E-state index contributed by atoms with van der Waals surface area (Å²) < 4.78 is 13.2. The molecule has 1 aromatic carbocycles. The molecular weight excluding hydrogens is 249 g/mol. The van der Waals surface area contributed by atoms with Crippen LogP contribution in [-0.2, 0) is 12.8 Å². The number of benzene rings is 1. The molecule has 0 fully saturated rings. The fourth-order valence-corrected chi connectivity index (χ4v) is 2.94. The van der Waals surface area contributed by atoms with E-state index >= 15 is 0 Å². The van der Waals surface area contributed by atoms with Crippen LogP contribution < -0.4 is 10.6 Å². The molecule has 3 rings (SSSR count). The first-order valence-corrected chi connectivity index (χ1v) is 6.83. The molecule has 1 aliphatic rings. The minimum Gasteiger partial charge on any atom is -0.375 e. The van der Waals surface area contributed by atoms with Gasteiger partial charge < -0.3 is 10.6 Å². The maximum Gasteiger partial charge on any atom is 0.180 e. The van der Waals surface area contributed by atoms with Crippen LogP contribution in [0.1, 0.15) is 11.3 Å². The number of nitrogens with two attached hydrogens (primary N) is 1. The summed E-state index contributed by atoms with van der Waals surface area (Å²) in [5.41, 5.74) is 8.88. The van der Waals surface area contributed by atoms with Crippen LogP contribution in [0.2, 0.25) is 0 Å². The lowest BCUT2D eigenvalue weighted by Crippen LogP contribution is -2.23. The molecule has 0 spiro atoms. The van der Waals surface area contributed by atoms with E-state index in [2.05, 4.69) is 9.88 Å². The summed E-state index contributed by atoms with van der Waals surface area (Å²) in [6.45, 7) is 1.82. The normalized spacial score (nSPS) is 13.9. The quantitative estimate of drug-likeness (QED) is 0.925. The van der Waals surface area contributed by atoms with Gasteiger partial charge in [0.1, 0.15) is 5.82 Å². The lowest BCUT2D eigenvalue weighted by Gasteiger charge is -2.18. The van der Waals surface area contributed by atoms with E-state index in [0.29, 0.717) is 5.13 Å². The molecule has 0 unspecified atom stereocenters. The van der Waals surface area contributed by atoms with Crippen molar-refractivity contribution in [3.63, 3.8) is 0 Å². The first-order chi connectivity index (χ1) is 8.72. The van der Waals surface area contributed by atoms with Crippen molar-refractivity contribution in [1.82, 2.24) is 4.98 Å². The monoisotopic (exact) mass is 263 g/mol. The molecule has 5 heteroatoms. The highest BCUT2D eigenvalue weighted by atomic mass is 32.1. The minimum atomic E-state index is -0.168. The van der Waals surface area contributed by atoms with Gasteiger partial charge in [0, 0.05) is 30.6 Å². The molecule has 0 bridgehead atoms. The zero-order valence-corrected chi connectivity index (χ0v) is 10.7. The van der Waals surface area contributed by atoms with Gasteiger partial charge in [0.15, 0.2) is 5.13 Å². The summed E-state index contributed by atoms with van der Waals surface area (Å²) in [4.78, 5) is 6.46. The van der Waals surface area contributed by atoms with E-state index in [1.165, 1.54) is 23.0 Å². The number of hydrogen-bond donors (Lipinski definition) is 1. The Morgan fingerprint density at radius 2 is 2.33 bits per heavy atom. The number of fused-ring (bicyclic) bond motifs is 1. The number of thiazole rings is 1. The number of rotatable bonds is 3. The van der Waals surface area contributed by atoms with Crippen molar-refractivity contribution < 1.29 is 4.39 Å². The third-order valence-electron chi connectivity index (χ3n) is 3.25. The molecule has 94 valence electrons. The van der Waals surface area contributed by atoms with E-state index in [1.807, 2.05) is 11.4 Å². The van der Waals surface area contributed by atoms with Crippen molar-refractivity contribution >= 4 is 22.2 Å². The molecule has 0 amide bonds. The van der Waals surface area contributed by atoms with E-state index < -0.39 is 0 Å². The minimum absolute atomic E-state index is 0.168. The average molecular weight is 263 g/mol. The summed E-state index contributed by atoms with van der Waals surface area (Å²) in [6.07, 6.45) is 1.85. The van der Waals surface area contributed by atoms with Gasteiger partial charge in [-0.15, -0.1) is 11.3 Å². The van der Waals surface area contributed by atoms with Crippen molar-refractivity contribution in [1.29, 1.82) is 0 Å². The lowest BCUT2D eigenvalue weighted by atomic mass is 10.2. The fraction of sp³-hybridized carbons (Fsp3) is 0.308.